The molecule has 0 aliphatic carbocycles. The lowest BCUT2D eigenvalue weighted by molar-refractivity contribution is 0.297. The minimum absolute atomic E-state index is 0.0859. The van der Waals surface area contributed by atoms with Crippen molar-refractivity contribution >= 4 is 15.9 Å². The number of hydrogen-bond acceptors (Lipinski definition) is 3. The van der Waals surface area contributed by atoms with Gasteiger partial charge in [-0.2, -0.15) is 0 Å². The molecule has 0 unspecified atom stereocenters. The van der Waals surface area contributed by atoms with E-state index in [9.17, 15) is 0 Å². The maximum atomic E-state index is 8.85. The van der Waals surface area contributed by atoms with E-state index in [1.807, 2.05) is 18.2 Å². The highest BCUT2D eigenvalue weighted by Crippen LogP contribution is 2.31. The highest BCUT2D eigenvalue weighted by atomic mass is 79.9. The van der Waals surface area contributed by atoms with Gasteiger partial charge >= 0.3 is 0 Å². The number of imidazole rings is 1. The number of aliphatic hydroxyl groups is 1. The summed E-state index contributed by atoms with van der Waals surface area (Å²) in [4.78, 5) is 7.36. The van der Waals surface area contributed by atoms with Gasteiger partial charge in [-0.05, 0) is 18.2 Å². The fourth-order valence-corrected chi connectivity index (χ4v) is 1.98. The highest BCUT2D eigenvalue weighted by Gasteiger charge is 2.09. The molecule has 90 valence electrons. The first kappa shape index (κ1) is 12.1. The number of benzene rings is 1. The number of H-pyrrole nitrogens is 1. The fourth-order valence-electron chi connectivity index (χ4n) is 1.62. The molecule has 0 saturated carbocycles. The molecule has 0 fully saturated rings. The van der Waals surface area contributed by atoms with Crippen LogP contribution in [0.5, 0.6) is 5.75 Å². The predicted octanol–water partition coefficient (Wildman–Crippen LogP) is 2.38. The fraction of sp³-hybridized carbons (Fsp3) is 0.250. The Bertz CT molecular complexity index is 511. The van der Waals surface area contributed by atoms with E-state index in [1.54, 1.807) is 13.3 Å². The van der Waals surface area contributed by atoms with Gasteiger partial charge in [-0.3, -0.25) is 0 Å². The predicted molar refractivity (Wildman–Crippen MR) is 69.1 cm³/mol. The topological polar surface area (TPSA) is 58.1 Å². The van der Waals surface area contributed by atoms with Crippen LogP contribution in [0.4, 0.5) is 0 Å². The molecule has 0 bridgehead atoms. The Kier molecular flexibility index (Phi) is 3.81. The smallest absolute Gasteiger partial charge is 0.128 e. The van der Waals surface area contributed by atoms with Crippen molar-refractivity contribution in [2.75, 3.05) is 13.7 Å². The Balaban J connectivity index is 2.40. The van der Waals surface area contributed by atoms with Crippen LogP contribution in [0.2, 0.25) is 0 Å². The molecule has 2 rings (SSSR count). The summed E-state index contributed by atoms with van der Waals surface area (Å²) in [6, 6.07) is 5.79. The van der Waals surface area contributed by atoms with Gasteiger partial charge < -0.3 is 14.8 Å². The number of methoxy groups -OCH3 is 1. The van der Waals surface area contributed by atoms with E-state index in [0.29, 0.717) is 6.42 Å². The molecule has 0 radical (unpaired) electrons. The number of nitrogens with zero attached hydrogens (tertiary/aromatic N) is 1. The standard InChI is InChI=1S/C12H13BrN2O2/c1-17-11-3-2-8(13)6-9(11)10-7-14-12(15-10)4-5-16/h2-3,6-7,16H,4-5H2,1H3,(H,14,15). The molecule has 1 aromatic carbocycles. The van der Waals surface area contributed by atoms with Crippen LogP contribution in [-0.2, 0) is 6.42 Å². The number of halogens is 1. The average molecular weight is 297 g/mol. The molecule has 0 amide bonds. The largest absolute Gasteiger partial charge is 0.496 e. The first-order valence-electron chi connectivity index (χ1n) is 5.23. The molecule has 0 aliphatic heterocycles. The minimum Gasteiger partial charge on any atom is -0.496 e. The van der Waals surface area contributed by atoms with Crippen molar-refractivity contribution < 1.29 is 9.84 Å². The molecular formula is C12H13BrN2O2. The van der Waals surface area contributed by atoms with Gasteiger partial charge in [0.05, 0.1) is 25.6 Å². The molecule has 2 N–H and O–H groups in total. The summed E-state index contributed by atoms with van der Waals surface area (Å²) in [5, 5.41) is 8.85. The van der Waals surface area contributed by atoms with E-state index < -0.39 is 0 Å². The van der Waals surface area contributed by atoms with Crippen LogP contribution in [0.25, 0.3) is 11.3 Å². The lowest BCUT2D eigenvalue weighted by Crippen LogP contribution is -1.93. The zero-order valence-electron chi connectivity index (χ0n) is 9.40. The number of aromatic nitrogens is 2. The third-order valence-corrected chi connectivity index (χ3v) is 2.92. The number of nitrogens with one attached hydrogen (secondary N) is 1. The van der Waals surface area contributed by atoms with E-state index in [4.69, 9.17) is 9.84 Å². The van der Waals surface area contributed by atoms with Crippen LogP contribution in [0, 0.1) is 0 Å². The van der Waals surface area contributed by atoms with Crippen LogP contribution in [0.3, 0.4) is 0 Å². The van der Waals surface area contributed by atoms with Crippen molar-refractivity contribution in [3.63, 3.8) is 0 Å². The molecule has 5 heteroatoms. The SMILES string of the molecule is COc1ccc(Br)cc1-c1cnc(CCO)[nH]1. The third kappa shape index (κ3) is 2.68. The molecule has 1 aromatic heterocycles. The van der Waals surface area contributed by atoms with Crippen LogP contribution < -0.4 is 4.74 Å². The van der Waals surface area contributed by atoms with Gasteiger partial charge in [-0.1, -0.05) is 15.9 Å². The van der Waals surface area contributed by atoms with Crippen LogP contribution in [0.15, 0.2) is 28.9 Å². The second-order valence-electron chi connectivity index (χ2n) is 3.56. The van der Waals surface area contributed by atoms with E-state index in [2.05, 4.69) is 25.9 Å². The van der Waals surface area contributed by atoms with Crippen LogP contribution >= 0.6 is 15.9 Å². The van der Waals surface area contributed by atoms with E-state index in [0.717, 1.165) is 27.3 Å². The van der Waals surface area contributed by atoms with Gasteiger partial charge in [0.15, 0.2) is 0 Å². The molecule has 17 heavy (non-hydrogen) atoms. The number of aliphatic hydroxyl groups excluding tert-OH is 1. The van der Waals surface area contributed by atoms with Gasteiger partial charge in [-0.25, -0.2) is 4.98 Å². The molecule has 0 spiro atoms. The minimum atomic E-state index is 0.0859. The lowest BCUT2D eigenvalue weighted by Gasteiger charge is -2.06. The molecule has 4 nitrogen and oxygen atoms in total. The highest BCUT2D eigenvalue weighted by molar-refractivity contribution is 9.10. The summed E-state index contributed by atoms with van der Waals surface area (Å²) in [5.41, 5.74) is 1.82. The zero-order valence-corrected chi connectivity index (χ0v) is 11.0. The summed E-state index contributed by atoms with van der Waals surface area (Å²) < 4.78 is 6.28. The van der Waals surface area contributed by atoms with Gasteiger partial charge in [-0.15, -0.1) is 0 Å². The maximum Gasteiger partial charge on any atom is 0.128 e. The summed E-state index contributed by atoms with van der Waals surface area (Å²) in [5.74, 6) is 1.55. The van der Waals surface area contributed by atoms with Crippen molar-refractivity contribution in [3.8, 4) is 17.0 Å². The number of rotatable bonds is 4. The molecule has 0 aliphatic rings. The van der Waals surface area contributed by atoms with Gasteiger partial charge in [0.1, 0.15) is 11.6 Å². The van der Waals surface area contributed by atoms with Crippen molar-refractivity contribution in [2.45, 2.75) is 6.42 Å². The van der Waals surface area contributed by atoms with Gasteiger partial charge in [0, 0.05) is 16.5 Å². The normalized spacial score (nSPS) is 10.5. The molecule has 0 saturated heterocycles. The maximum absolute atomic E-state index is 8.85. The third-order valence-electron chi connectivity index (χ3n) is 2.43. The number of ether oxygens (including phenoxy) is 1. The second-order valence-corrected chi connectivity index (χ2v) is 4.48. The summed E-state index contributed by atoms with van der Waals surface area (Å²) in [7, 11) is 1.64. The number of hydrogen-bond donors (Lipinski definition) is 2. The second kappa shape index (κ2) is 5.33. The average Bonchev–Trinajstić information content (AvgIpc) is 2.78. The van der Waals surface area contributed by atoms with Crippen LogP contribution in [-0.4, -0.2) is 28.8 Å². The molecule has 1 heterocycles. The van der Waals surface area contributed by atoms with Crippen LogP contribution in [0.1, 0.15) is 5.82 Å². The monoisotopic (exact) mass is 296 g/mol. The van der Waals surface area contributed by atoms with Crippen molar-refractivity contribution in [2.24, 2.45) is 0 Å². The van der Waals surface area contributed by atoms with Crippen molar-refractivity contribution in [1.29, 1.82) is 0 Å². The quantitative estimate of drug-likeness (QED) is 0.911. The summed E-state index contributed by atoms with van der Waals surface area (Å²) in [6.45, 7) is 0.0859. The Morgan fingerprint density at radius 3 is 3.00 bits per heavy atom. The number of aromatic amines is 1. The van der Waals surface area contributed by atoms with E-state index >= 15 is 0 Å². The van der Waals surface area contributed by atoms with Crippen molar-refractivity contribution in [1.82, 2.24) is 9.97 Å². The molecular weight excluding hydrogens is 284 g/mol. The first-order valence-corrected chi connectivity index (χ1v) is 6.02. The summed E-state index contributed by atoms with van der Waals surface area (Å²) >= 11 is 3.43. The van der Waals surface area contributed by atoms with E-state index in [1.165, 1.54) is 0 Å². The first-order chi connectivity index (χ1) is 8.24. The van der Waals surface area contributed by atoms with E-state index in [-0.39, 0.29) is 6.61 Å². The molecule has 0 atom stereocenters. The lowest BCUT2D eigenvalue weighted by atomic mass is 10.1. The zero-order chi connectivity index (χ0) is 12.3. The summed E-state index contributed by atoms with van der Waals surface area (Å²) in [6.07, 6.45) is 2.27. The Labute approximate surface area is 108 Å². The Morgan fingerprint density at radius 1 is 1.47 bits per heavy atom. The van der Waals surface area contributed by atoms with Gasteiger partial charge in [0.2, 0.25) is 0 Å². The molecule has 2 aromatic rings. The Hall–Kier alpha value is -1.33. The van der Waals surface area contributed by atoms with Crippen molar-refractivity contribution in [3.05, 3.63) is 34.7 Å². The van der Waals surface area contributed by atoms with Gasteiger partial charge in [0.25, 0.3) is 0 Å². The Morgan fingerprint density at radius 2 is 2.29 bits per heavy atom.